The zero-order valence-corrected chi connectivity index (χ0v) is 17.6. The number of esters is 2. The van der Waals surface area contributed by atoms with Gasteiger partial charge in [0.25, 0.3) is 5.91 Å². The molecule has 0 aliphatic carbocycles. The first kappa shape index (κ1) is 20.5. The Bertz CT molecular complexity index is 1050. The van der Waals surface area contributed by atoms with Crippen LogP contribution in [0, 0.1) is 0 Å². The number of ether oxygens (including phenoxy) is 2. The Morgan fingerprint density at radius 2 is 1.66 bits per heavy atom. The van der Waals surface area contributed by atoms with Gasteiger partial charge in [-0.25, -0.2) is 9.59 Å². The molecule has 0 bridgehead atoms. The van der Waals surface area contributed by atoms with Crippen molar-refractivity contribution in [2.24, 2.45) is 0 Å². The van der Waals surface area contributed by atoms with Gasteiger partial charge < -0.3 is 9.47 Å². The molecule has 0 aromatic heterocycles. The average Bonchev–Trinajstić information content (AvgIpc) is 2.96. The van der Waals surface area contributed by atoms with Gasteiger partial charge in [0, 0.05) is 15.9 Å². The van der Waals surface area contributed by atoms with E-state index in [0.717, 1.165) is 10.0 Å². The number of amides is 1. The summed E-state index contributed by atoms with van der Waals surface area (Å²) in [7, 11) is 2.58. The van der Waals surface area contributed by atoms with Gasteiger partial charge in [0.05, 0.1) is 30.9 Å². The fraction of sp³-hybridized carbons (Fsp3) is 0.136. The van der Waals surface area contributed by atoms with E-state index in [1.807, 2.05) is 24.3 Å². The third-order valence-electron chi connectivity index (χ3n) is 4.50. The van der Waals surface area contributed by atoms with Crippen molar-refractivity contribution in [3.63, 3.8) is 0 Å². The van der Waals surface area contributed by atoms with E-state index in [2.05, 4.69) is 15.9 Å². The predicted octanol–water partition coefficient (Wildman–Crippen LogP) is 4.11. The van der Waals surface area contributed by atoms with Gasteiger partial charge in [-0.1, -0.05) is 28.1 Å². The number of benzene rings is 2. The van der Waals surface area contributed by atoms with Crippen LogP contribution < -0.4 is 4.90 Å². The summed E-state index contributed by atoms with van der Waals surface area (Å²) in [5, 5.41) is 0. The molecule has 6 nitrogen and oxygen atoms in total. The third-order valence-corrected chi connectivity index (χ3v) is 4.99. The Hall–Kier alpha value is -3.19. The monoisotopic (exact) mass is 455 g/mol. The highest BCUT2D eigenvalue weighted by molar-refractivity contribution is 9.10. The van der Waals surface area contributed by atoms with E-state index in [-0.39, 0.29) is 17.1 Å². The largest absolute Gasteiger partial charge is 0.465 e. The van der Waals surface area contributed by atoms with Crippen molar-refractivity contribution in [1.82, 2.24) is 0 Å². The molecule has 1 heterocycles. The van der Waals surface area contributed by atoms with Crippen LogP contribution in [0.15, 0.2) is 69.8 Å². The summed E-state index contributed by atoms with van der Waals surface area (Å²) in [5.41, 5.74) is 2.55. The number of rotatable bonds is 4. The second-order valence-electron chi connectivity index (χ2n) is 6.24. The summed E-state index contributed by atoms with van der Waals surface area (Å²) < 4.78 is 10.5. The summed E-state index contributed by atoms with van der Waals surface area (Å²) in [6.45, 7) is 1.68. The first-order chi connectivity index (χ1) is 13.9. The van der Waals surface area contributed by atoms with Crippen LogP contribution in [0.1, 0.15) is 22.8 Å². The topological polar surface area (TPSA) is 72.9 Å². The summed E-state index contributed by atoms with van der Waals surface area (Å²) in [5.74, 6) is -1.42. The predicted molar refractivity (Wildman–Crippen MR) is 112 cm³/mol. The van der Waals surface area contributed by atoms with Crippen molar-refractivity contribution in [1.29, 1.82) is 0 Å². The van der Waals surface area contributed by atoms with Crippen LogP contribution in [-0.2, 0) is 19.1 Å². The summed E-state index contributed by atoms with van der Waals surface area (Å²) >= 11 is 3.40. The van der Waals surface area contributed by atoms with E-state index in [1.165, 1.54) is 19.1 Å². The Morgan fingerprint density at radius 3 is 2.24 bits per heavy atom. The summed E-state index contributed by atoms with van der Waals surface area (Å²) in [4.78, 5) is 38.7. The minimum Gasteiger partial charge on any atom is -0.465 e. The minimum atomic E-state index is -0.592. The molecule has 0 spiro atoms. The lowest BCUT2D eigenvalue weighted by Gasteiger charge is -2.18. The van der Waals surface area contributed by atoms with Crippen molar-refractivity contribution in [2.45, 2.75) is 6.92 Å². The lowest BCUT2D eigenvalue weighted by atomic mass is 10.0. The maximum atomic E-state index is 13.2. The molecule has 0 fully saturated rings. The minimum absolute atomic E-state index is 0.203. The number of carbonyl (C=O) groups is 3. The lowest BCUT2D eigenvalue weighted by Crippen LogP contribution is -2.24. The van der Waals surface area contributed by atoms with E-state index in [4.69, 9.17) is 9.47 Å². The molecule has 1 aliphatic rings. The Kier molecular flexibility index (Phi) is 5.98. The molecule has 0 N–H and O–H groups in total. The maximum absolute atomic E-state index is 13.2. The highest BCUT2D eigenvalue weighted by Gasteiger charge is 2.37. The number of methoxy groups -OCH3 is 2. The van der Waals surface area contributed by atoms with E-state index in [1.54, 1.807) is 37.3 Å². The SMILES string of the molecule is COC(=O)C1=C(C)N(c2ccc(C(=O)OC)cc2)C(=O)C1=Cc1cccc(Br)c1. The van der Waals surface area contributed by atoms with Crippen LogP contribution in [0.3, 0.4) is 0 Å². The molecule has 2 aromatic rings. The quantitative estimate of drug-likeness (QED) is 0.512. The van der Waals surface area contributed by atoms with E-state index >= 15 is 0 Å². The van der Waals surface area contributed by atoms with Gasteiger partial charge in [0.15, 0.2) is 0 Å². The van der Waals surface area contributed by atoms with Crippen LogP contribution >= 0.6 is 15.9 Å². The summed E-state index contributed by atoms with van der Waals surface area (Å²) in [6, 6.07) is 13.8. The van der Waals surface area contributed by atoms with Crippen molar-refractivity contribution in [3.8, 4) is 0 Å². The van der Waals surface area contributed by atoms with Crippen LogP contribution in [0.5, 0.6) is 0 Å². The van der Waals surface area contributed by atoms with Gasteiger partial charge in [-0.15, -0.1) is 0 Å². The third kappa shape index (κ3) is 4.00. The highest BCUT2D eigenvalue weighted by Crippen LogP contribution is 2.35. The maximum Gasteiger partial charge on any atom is 0.340 e. The standard InChI is InChI=1S/C22H18BrNO5/c1-13-19(22(27)29-3)18(12-14-5-4-6-16(23)11-14)20(25)24(13)17-9-7-15(8-10-17)21(26)28-2/h4-12H,1-3H3. The molecule has 0 saturated heterocycles. The van der Waals surface area contributed by atoms with E-state index in [0.29, 0.717) is 16.9 Å². The zero-order chi connectivity index (χ0) is 21.1. The number of nitrogens with zero attached hydrogens (tertiary/aromatic N) is 1. The number of hydrogen-bond donors (Lipinski definition) is 0. The van der Waals surface area contributed by atoms with Crippen LogP contribution in [0.4, 0.5) is 5.69 Å². The molecule has 29 heavy (non-hydrogen) atoms. The van der Waals surface area contributed by atoms with E-state index < -0.39 is 11.9 Å². The van der Waals surface area contributed by atoms with Crippen LogP contribution in [-0.4, -0.2) is 32.1 Å². The molecule has 0 saturated carbocycles. The Labute approximate surface area is 176 Å². The first-order valence-corrected chi connectivity index (χ1v) is 9.46. The molecule has 0 atom stereocenters. The first-order valence-electron chi connectivity index (χ1n) is 8.67. The molecule has 2 aromatic carbocycles. The number of halogens is 1. The van der Waals surface area contributed by atoms with Crippen LogP contribution in [0.25, 0.3) is 6.08 Å². The average molecular weight is 456 g/mol. The number of carbonyl (C=O) groups excluding carboxylic acids is 3. The van der Waals surface area contributed by atoms with Gasteiger partial charge in [-0.05, 0) is 55.0 Å². The van der Waals surface area contributed by atoms with Gasteiger partial charge in [0.1, 0.15) is 0 Å². The second-order valence-corrected chi connectivity index (χ2v) is 7.16. The van der Waals surface area contributed by atoms with Gasteiger partial charge in [0.2, 0.25) is 0 Å². The number of hydrogen-bond acceptors (Lipinski definition) is 5. The molecular formula is C22H18BrNO5. The highest BCUT2D eigenvalue weighted by atomic mass is 79.9. The molecular weight excluding hydrogens is 438 g/mol. The normalized spacial score (nSPS) is 15.1. The fourth-order valence-corrected chi connectivity index (χ4v) is 3.54. The molecule has 1 aliphatic heterocycles. The fourth-order valence-electron chi connectivity index (χ4n) is 3.12. The van der Waals surface area contributed by atoms with Crippen molar-refractivity contribution in [3.05, 3.63) is 81.0 Å². The van der Waals surface area contributed by atoms with Gasteiger partial charge in [-0.3, -0.25) is 9.69 Å². The Morgan fingerprint density at radius 1 is 1.00 bits per heavy atom. The summed E-state index contributed by atoms with van der Waals surface area (Å²) in [6.07, 6.45) is 1.66. The zero-order valence-electron chi connectivity index (χ0n) is 16.1. The van der Waals surface area contributed by atoms with Gasteiger partial charge >= 0.3 is 11.9 Å². The molecule has 3 rings (SSSR count). The van der Waals surface area contributed by atoms with E-state index in [9.17, 15) is 14.4 Å². The lowest BCUT2D eigenvalue weighted by molar-refractivity contribution is -0.136. The molecule has 7 heteroatoms. The van der Waals surface area contributed by atoms with Crippen molar-refractivity contribution in [2.75, 3.05) is 19.1 Å². The molecule has 0 unspecified atom stereocenters. The second kappa shape index (κ2) is 8.45. The Balaban J connectivity index is 2.08. The molecule has 1 amide bonds. The number of allylic oxidation sites excluding steroid dienone is 1. The van der Waals surface area contributed by atoms with Crippen LogP contribution in [0.2, 0.25) is 0 Å². The smallest absolute Gasteiger partial charge is 0.340 e. The number of anilines is 1. The van der Waals surface area contributed by atoms with Crippen molar-refractivity contribution < 1.29 is 23.9 Å². The molecule has 0 radical (unpaired) electrons. The molecule has 148 valence electrons. The van der Waals surface area contributed by atoms with Gasteiger partial charge in [-0.2, -0.15) is 0 Å². The van der Waals surface area contributed by atoms with Crippen molar-refractivity contribution >= 4 is 45.5 Å².